The Bertz CT molecular complexity index is 98.6. The van der Waals surface area contributed by atoms with Crippen molar-refractivity contribution in [2.75, 3.05) is 0 Å². The van der Waals surface area contributed by atoms with Gasteiger partial charge < -0.3 is 0 Å². The average molecular weight is 244 g/mol. The van der Waals surface area contributed by atoms with E-state index < -0.39 is 0 Å². The van der Waals surface area contributed by atoms with E-state index in [1.54, 1.807) is 0 Å². The molecule has 0 spiro atoms. The van der Waals surface area contributed by atoms with Crippen LogP contribution in [-0.4, -0.2) is 9.02 Å². The van der Waals surface area contributed by atoms with Gasteiger partial charge in [0.25, 0.3) is 0 Å². The predicted octanol–water partition coefficient (Wildman–Crippen LogP) is 2.47. The van der Waals surface area contributed by atoms with Crippen LogP contribution in [-0.2, 0) is 4.79 Å². The van der Waals surface area contributed by atoms with Gasteiger partial charge in [-0.05, 0) is 29.3 Å². The molecule has 1 atom stereocenters. The van der Waals surface area contributed by atoms with Crippen molar-refractivity contribution in [2.45, 2.75) is 24.6 Å². The van der Waals surface area contributed by atoms with Crippen LogP contribution in [0.25, 0.3) is 0 Å². The Kier molecular flexibility index (Phi) is 3.20. The van der Waals surface area contributed by atoms with E-state index in [1.807, 2.05) is 13.8 Å². The molecular weight excluding hydrogens is 236 g/mol. The lowest BCUT2D eigenvalue weighted by Crippen LogP contribution is -2.21. The summed E-state index contributed by atoms with van der Waals surface area (Å²) in [6.07, 6.45) is 0.803. The molecule has 8 heavy (non-hydrogen) atoms. The van der Waals surface area contributed by atoms with Gasteiger partial charge in [0.15, 0.2) is 0 Å². The Hall–Kier alpha value is 0.630. The second-order valence-corrected chi connectivity index (χ2v) is 4.30. The first kappa shape index (κ1) is 8.63. The maximum atomic E-state index is 10.6. The fourth-order valence-corrected chi connectivity index (χ4v) is 0.419. The first-order chi connectivity index (χ1) is 3.50. The average Bonchev–Trinajstić information content (AvgIpc) is 1.67. The zero-order valence-electron chi connectivity index (χ0n) is 4.87. The minimum atomic E-state index is -0.368. The molecule has 0 aliphatic carbocycles. The zero-order valence-corrected chi connectivity index (χ0v) is 8.04. The van der Waals surface area contributed by atoms with Crippen LogP contribution in [0.4, 0.5) is 0 Å². The molecule has 0 rings (SSSR count). The summed E-state index contributed by atoms with van der Waals surface area (Å²) in [5, 5.41) is 0. The first-order valence-corrected chi connectivity index (χ1v) is 3.98. The fourth-order valence-electron chi connectivity index (χ4n) is 0.139. The molecule has 3 heteroatoms. The van der Waals surface area contributed by atoms with Gasteiger partial charge in [-0.15, -0.1) is 0 Å². The Labute approximate surface area is 66.1 Å². The maximum absolute atomic E-state index is 10.6. The Balaban J connectivity index is 3.91. The van der Waals surface area contributed by atoms with E-state index >= 15 is 0 Å². The highest BCUT2D eigenvalue weighted by Crippen LogP contribution is 2.24. The molecular formula is C5H8Br2O. The third kappa shape index (κ3) is 2.27. The van der Waals surface area contributed by atoms with Crippen LogP contribution in [0.2, 0.25) is 0 Å². The molecule has 48 valence electrons. The van der Waals surface area contributed by atoms with Crippen molar-refractivity contribution < 1.29 is 4.79 Å². The van der Waals surface area contributed by atoms with Crippen LogP contribution < -0.4 is 0 Å². The van der Waals surface area contributed by atoms with Crippen LogP contribution in [0.15, 0.2) is 0 Å². The lowest BCUT2D eigenvalue weighted by molar-refractivity contribution is -0.111. The molecule has 0 saturated carbocycles. The third-order valence-electron chi connectivity index (χ3n) is 1.07. The molecule has 0 amide bonds. The topological polar surface area (TPSA) is 17.1 Å². The summed E-state index contributed by atoms with van der Waals surface area (Å²) in [5.41, 5.74) is 0. The monoisotopic (exact) mass is 242 g/mol. The van der Waals surface area contributed by atoms with Crippen LogP contribution in [0, 0.1) is 0 Å². The summed E-state index contributed by atoms with van der Waals surface area (Å²) in [4.78, 5) is 10.6. The number of carbonyl (C=O) groups excluding carboxylic acids is 1. The summed E-state index contributed by atoms with van der Waals surface area (Å²) in [6, 6.07) is 0. The highest BCUT2D eigenvalue weighted by molar-refractivity contribution is 9.20. The maximum Gasteiger partial charge on any atom is 0.214 e. The number of hydrogen-bond donors (Lipinski definition) is 0. The summed E-state index contributed by atoms with van der Waals surface area (Å²) < 4.78 is -0.361. The van der Waals surface area contributed by atoms with Crippen molar-refractivity contribution in [3.8, 4) is 0 Å². The molecule has 0 unspecified atom stereocenters. The van der Waals surface area contributed by atoms with Gasteiger partial charge >= 0.3 is 0 Å². The molecule has 0 aromatic rings. The van der Waals surface area contributed by atoms with Crippen molar-refractivity contribution in [3.63, 3.8) is 0 Å². The molecule has 1 nitrogen and oxygen atoms in total. The minimum absolute atomic E-state index is 0.00694. The highest BCUT2D eigenvalue weighted by Gasteiger charge is 2.24. The Morgan fingerprint density at radius 3 is 2.12 bits per heavy atom. The molecule has 0 fully saturated rings. The van der Waals surface area contributed by atoms with Gasteiger partial charge in [-0.3, -0.25) is 4.79 Å². The van der Waals surface area contributed by atoms with Crippen molar-refractivity contribution >= 4 is 36.6 Å². The Morgan fingerprint density at radius 1 is 1.75 bits per heavy atom. The van der Waals surface area contributed by atoms with Crippen molar-refractivity contribution in [3.05, 3.63) is 0 Å². The quantitative estimate of drug-likeness (QED) is 0.538. The van der Waals surface area contributed by atoms with Gasteiger partial charge in [0.2, 0.25) is 4.69 Å². The van der Waals surface area contributed by atoms with Crippen LogP contribution in [0.3, 0.4) is 0 Å². The van der Waals surface area contributed by atoms with E-state index in [4.69, 9.17) is 0 Å². The van der Waals surface area contributed by atoms with Crippen LogP contribution >= 0.6 is 31.9 Å². The third-order valence-corrected chi connectivity index (χ3v) is 3.40. The van der Waals surface area contributed by atoms with Gasteiger partial charge in [-0.25, -0.2) is 0 Å². The number of rotatable bonds is 2. The summed E-state index contributed by atoms with van der Waals surface area (Å²) in [5.74, 6) is 0. The molecule has 0 aliphatic rings. The van der Waals surface area contributed by atoms with Gasteiger partial charge in [-0.1, -0.05) is 22.9 Å². The summed E-state index contributed by atoms with van der Waals surface area (Å²) in [6.45, 7) is 3.79. The molecule has 0 aromatic heterocycles. The number of hydrogen-bond acceptors (Lipinski definition) is 1. The smallest absolute Gasteiger partial charge is 0.214 e. The molecule has 0 aromatic carbocycles. The number of halogens is 2. The van der Waals surface area contributed by atoms with E-state index in [1.165, 1.54) is 0 Å². The first-order valence-electron chi connectivity index (χ1n) is 2.39. The summed E-state index contributed by atoms with van der Waals surface area (Å²) >= 11 is 6.12. The van der Waals surface area contributed by atoms with E-state index in [2.05, 4.69) is 31.9 Å². The van der Waals surface area contributed by atoms with Crippen LogP contribution in [0.1, 0.15) is 20.3 Å². The number of alkyl halides is 1. The van der Waals surface area contributed by atoms with Gasteiger partial charge in [0, 0.05) is 0 Å². The van der Waals surface area contributed by atoms with Crippen molar-refractivity contribution in [1.82, 2.24) is 0 Å². The van der Waals surface area contributed by atoms with Gasteiger partial charge in [-0.2, -0.15) is 0 Å². The minimum Gasteiger partial charge on any atom is -0.285 e. The molecule has 0 saturated heterocycles. The lowest BCUT2D eigenvalue weighted by atomic mass is 10.1. The van der Waals surface area contributed by atoms with E-state index in [0.29, 0.717) is 0 Å². The molecule has 0 aliphatic heterocycles. The van der Waals surface area contributed by atoms with Crippen molar-refractivity contribution in [2.24, 2.45) is 0 Å². The SMILES string of the molecule is CC[C@](C)(Br)C(=O)Br. The predicted molar refractivity (Wildman–Crippen MR) is 41.6 cm³/mol. The second-order valence-electron chi connectivity index (χ2n) is 1.82. The zero-order chi connectivity index (χ0) is 6.78. The lowest BCUT2D eigenvalue weighted by Gasteiger charge is -2.12. The second kappa shape index (κ2) is 2.97. The normalized spacial score (nSPS) is 17.5. The van der Waals surface area contributed by atoms with Crippen molar-refractivity contribution in [1.29, 1.82) is 0 Å². The van der Waals surface area contributed by atoms with E-state index in [-0.39, 0.29) is 9.02 Å². The largest absolute Gasteiger partial charge is 0.285 e. The summed E-state index contributed by atoms with van der Waals surface area (Å²) in [7, 11) is 0. The molecule has 0 bridgehead atoms. The molecule has 0 heterocycles. The fraction of sp³-hybridized carbons (Fsp3) is 0.800. The van der Waals surface area contributed by atoms with Gasteiger partial charge in [0.1, 0.15) is 0 Å². The van der Waals surface area contributed by atoms with E-state index in [0.717, 1.165) is 6.42 Å². The standard InChI is InChI=1S/C5H8Br2O/c1-3-5(2,7)4(6)8/h3H2,1-2H3/t5-/m0/s1. The molecule has 0 N–H and O–H groups in total. The van der Waals surface area contributed by atoms with Crippen LogP contribution in [0.5, 0.6) is 0 Å². The molecule has 0 radical (unpaired) electrons. The van der Waals surface area contributed by atoms with Gasteiger partial charge in [0.05, 0.1) is 4.32 Å². The highest BCUT2D eigenvalue weighted by atomic mass is 79.9. The Morgan fingerprint density at radius 2 is 2.12 bits per heavy atom. The van der Waals surface area contributed by atoms with E-state index in [9.17, 15) is 4.79 Å². The number of carbonyl (C=O) groups is 1.